The van der Waals surface area contributed by atoms with E-state index in [0.717, 1.165) is 35.3 Å². The predicted molar refractivity (Wildman–Crippen MR) is 121 cm³/mol. The Labute approximate surface area is 184 Å². The average Bonchev–Trinajstić information content (AvgIpc) is 2.99. The molecular weight excluding hydrogens is 390 g/mol. The van der Waals surface area contributed by atoms with Crippen LogP contribution in [0.15, 0.2) is 30.5 Å². The van der Waals surface area contributed by atoms with Crippen LogP contribution in [0, 0.1) is 5.92 Å². The molecule has 0 spiro atoms. The Balaban J connectivity index is 1.74. The summed E-state index contributed by atoms with van der Waals surface area (Å²) < 4.78 is 0. The maximum absolute atomic E-state index is 11.9. The van der Waals surface area contributed by atoms with E-state index in [1.165, 1.54) is 25.7 Å². The highest BCUT2D eigenvalue weighted by Gasteiger charge is 2.21. The molecule has 1 aromatic heterocycles. The summed E-state index contributed by atoms with van der Waals surface area (Å²) in [5.74, 6) is 0.528. The molecule has 166 valence electrons. The molecule has 2 aromatic rings. The molecule has 1 amide bonds. The van der Waals surface area contributed by atoms with Crippen molar-refractivity contribution in [3.05, 3.63) is 53.1 Å². The van der Waals surface area contributed by atoms with Gasteiger partial charge in [-0.15, -0.1) is 0 Å². The summed E-state index contributed by atoms with van der Waals surface area (Å²) in [4.78, 5) is 32.6. The molecule has 31 heavy (non-hydrogen) atoms. The van der Waals surface area contributed by atoms with Crippen LogP contribution in [0.5, 0.6) is 0 Å². The molecule has 0 aliphatic heterocycles. The maximum atomic E-state index is 11.9. The number of nitrogens with one attached hydrogen (secondary N) is 1. The topological polar surface area (TPSA) is 92.2 Å². The third kappa shape index (κ3) is 7.16. The van der Waals surface area contributed by atoms with E-state index in [4.69, 9.17) is 4.98 Å². The first-order chi connectivity index (χ1) is 14.9. The first kappa shape index (κ1) is 22.9. The van der Waals surface area contributed by atoms with Crippen LogP contribution in [0.4, 0.5) is 5.69 Å². The number of carbonyl (C=O) groups is 2. The number of aliphatic carboxylic acids is 1. The van der Waals surface area contributed by atoms with Gasteiger partial charge in [0.2, 0.25) is 5.91 Å². The molecule has 3 rings (SSSR count). The summed E-state index contributed by atoms with van der Waals surface area (Å²) in [5, 5.41) is 12.2. The van der Waals surface area contributed by atoms with E-state index in [2.05, 4.69) is 10.3 Å². The smallest absolute Gasteiger partial charge is 0.307 e. The highest BCUT2D eigenvalue weighted by atomic mass is 16.4. The number of carboxylic acids is 1. The monoisotopic (exact) mass is 423 g/mol. The lowest BCUT2D eigenvalue weighted by atomic mass is 9.92. The van der Waals surface area contributed by atoms with Crippen LogP contribution in [0.1, 0.15) is 87.4 Å². The van der Waals surface area contributed by atoms with Crippen LogP contribution in [-0.4, -0.2) is 27.0 Å². The van der Waals surface area contributed by atoms with Gasteiger partial charge in [-0.1, -0.05) is 51.7 Å². The third-order valence-electron chi connectivity index (χ3n) is 5.73. The van der Waals surface area contributed by atoms with Gasteiger partial charge in [-0.2, -0.15) is 0 Å². The van der Waals surface area contributed by atoms with Gasteiger partial charge in [0.1, 0.15) is 5.82 Å². The van der Waals surface area contributed by atoms with Crippen LogP contribution in [-0.2, 0) is 22.4 Å². The molecule has 6 nitrogen and oxygen atoms in total. The Morgan fingerprint density at radius 3 is 2.39 bits per heavy atom. The molecule has 0 bridgehead atoms. The van der Waals surface area contributed by atoms with Gasteiger partial charge in [0.25, 0.3) is 0 Å². The minimum absolute atomic E-state index is 0.0214. The molecule has 0 unspecified atom stereocenters. The summed E-state index contributed by atoms with van der Waals surface area (Å²) in [7, 11) is 0. The molecule has 0 saturated heterocycles. The maximum Gasteiger partial charge on any atom is 0.307 e. The Morgan fingerprint density at radius 1 is 1.10 bits per heavy atom. The largest absolute Gasteiger partial charge is 0.481 e. The summed E-state index contributed by atoms with van der Waals surface area (Å²) in [6, 6.07) is 7.76. The lowest BCUT2D eigenvalue weighted by Gasteiger charge is -2.18. The molecule has 2 N–H and O–H groups in total. The predicted octanol–water partition coefficient (Wildman–Crippen LogP) is 5.12. The van der Waals surface area contributed by atoms with Crippen LogP contribution >= 0.6 is 0 Å². The number of anilines is 1. The second kappa shape index (κ2) is 11.0. The van der Waals surface area contributed by atoms with Crippen molar-refractivity contribution in [2.75, 3.05) is 5.32 Å². The fourth-order valence-electron chi connectivity index (χ4n) is 4.22. The Morgan fingerprint density at radius 2 is 1.77 bits per heavy atom. The van der Waals surface area contributed by atoms with Crippen molar-refractivity contribution in [1.29, 1.82) is 0 Å². The zero-order valence-corrected chi connectivity index (χ0v) is 18.6. The number of amides is 1. The van der Waals surface area contributed by atoms with Gasteiger partial charge < -0.3 is 10.4 Å². The van der Waals surface area contributed by atoms with Gasteiger partial charge in [0.05, 0.1) is 12.1 Å². The quantitative estimate of drug-likeness (QED) is 0.575. The molecular formula is C25H33N3O3. The number of benzene rings is 1. The Bertz CT molecular complexity index is 885. The fourth-order valence-corrected chi connectivity index (χ4v) is 4.22. The molecule has 1 aliphatic carbocycles. The van der Waals surface area contributed by atoms with Crippen LogP contribution < -0.4 is 5.32 Å². The second-order valence-electron chi connectivity index (χ2n) is 8.98. The minimum atomic E-state index is -0.846. The summed E-state index contributed by atoms with van der Waals surface area (Å²) in [6.45, 7) is 4.04. The molecule has 1 fully saturated rings. The normalized spacial score (nSPS) is 14.9. The van der Waals surface area contributed by atoms with Crippen molar-refractivity contribution >= 4 is 17.6 Å². The minimum Gasteiger partial charge on any atom is -0.481 e. The first-order valence-corrected chi connectivity index (χ1v) is 11.4. The van der Waals surface area contributed by atoms with Crippen LogP contribution in [0.2, 0.25) is 0 Å². The van der Waals surface area contributed by atoms with Gasteiger partial charge in [-0.05, 0) is 36.5 Å². The molecule has 0 radical (unpaired) electrons. The number of nitrogens with zero attached hydrogens (tertiary/aromatic N) is 2. The number of rotatable bonds is 8. The SMILES string of the molecule is CC(C)CC(=O)Nc1ccc(Cc2ncc(CC(=O)O)c(C3CCCCCC3)n2)cc1. The molecule has 1 saturated carbocycles. The van der Waals surface area contributed by atoms with Gasteiger partial charge in [0.15, 0.2) is 0 Å². The summed E-state index contributed by atoms with van der Waals surface area (Å²) in [6.07, 6.45) is 9.69. The van der Waals surface area contributed by atoms with E-state index in [1.807, 2.05) is 38.1 Å². The van der Waals surface area contributed by atoms with E-state index in [-0.39, 0.29) is 12.3 Å². The highest BCUT2D eigenvalue weighted by molar-refractivity contribution is 5.90. The fraction of sp³-hybridized carbons (Fsp3) is 0.520. The standard InChI is InChI=1S/C25H33N3O3/c1-17(2)13-23(29)27-21-11-9-18(10-12-21)14-22-26-16-20(15-24(30)31)25(28-22)19-7-5-3-4-6-8-19/h9-12,16-17,19H,3-8,13-15H2,1-2H3,(H,27,29)(H,30,31). The lowest BCUT2D eigenvalue weighted by Crippen LogP contribution is -2.14. The Hall–Kier alpha value is -2.76. The van der Waals surface area contributed by atoms with Crippen LogP contribution in [0.3, 0.4) is 0 Å². The number of carboxylic acid groups (broad SMARTS) is 1. The number of carbonyl (C=O) groups excluding carboxylic acids is 1. The zero-order chi connectivity index (χ0) is 22.2. The second-order valence-corrected chi connectivity index (χ2v) is 8.98. The molecule has 1 aromatic carbocycles. The Kier molecular flexibility index (Phi) is 8.15. The van der Waals surface area contributed by atoms with E-state index in [9.17, 15) is 14.7 Å². The van der Waals surface area contributed by atoms with Gasteiger partial charge >= 0.3 is 5.97 Å². The molecule has 0 atom stereocenters. The summed E-state index contributed by atoms with van der Waals surface area (Å²) in [5.41, 5.74) is 3.50. The van der Waals surface area contributed by atoms with Gasteiger partial charge in [-0.3, -0.25) is 9.59 Å². The van der Waals surface area contributed by atoms with Crippen molar-refractivity contribution in [2.45, 2.75) is 77.6 Å². The number of aromatic nitrogens is 2. The van der Waals surface area contributed by atoms with Crippen molar-refractivity contribution in [3.8, 4) is 0 Å². The first-order valence-electron chi connectivity index (χ1n) is 11.4. The van der Waals surface area contributed by atoms with Crippen molar-refractivity contribution in [2.24, 2.45) is 5.92 Å². The summed E-state index contributed by atoms with van der Waals surface area (Å²) >= 11 is 0. The van der Waals surface area contributed by atoms with Crippen LogP contribution in [0.25, 0.3) is 0 Å². The lowest BCUT2D eigenvalue weighted by molar-refractivity contribution is -0.136. The van der Waals surface area contributed by atoms with E-state index in [1.54, 1.807) is 6.20 Å². The number of hydrogen-bond donors (Lipinski definition) is 2. The molecule has 1 aliphatic rings. The number of hydrogen-bond acceptors (Lipinski definition) is 4. The molecule has 1 heterocycles. The van der Waals surface area contributed by atoms with E-state index < -0.39 is 5.97 Å². The van der Waals surface area contributed by atoms with E-state index >= 15 is 0 Å². The van der Waals surface area contributed by atoms with Crippen molar-refractivity contribution < 1.29 is 14.7 Å². The van der Waals surface area contributed by atoms with Gasteiger partial charge in [-0.25, -0.2) is 9.97 Å². The molecule has 6 heteroatoms. The van der Waals surface area contributed by atoms with Gasteiger partial charge in [0, 0.05) is 36.2 Å². The third-order valence-corrected chi connectivity index (χ3v) is 5.73. The van der Waals surface area contributed by atoms with Crippen molar-refractivity contribution in [1.82, 2.24) is 9.97 Å². The highest BCUT2D eigenvalue weighted by Crippen LogP contribution is 2.32. The van der Waals surface area contributed by atoms with Crippen molar-refractivity contribution in [3.63, 3.8) is 0 Å². The van der Waals surface area contributed by atoms with E-state index in [0.29, 0.717) is 30.5 Å². The average molecular weight is 424 g/mol. The zero-order valence-electron chi connectivity index (χ0n) is 18.6.